The summed E-state index contributed by atoms with van der Waals surface area (Å²) in [7, 11) is 1.91. The molecule has 1 N–H and O–H groups in total. The van der Waals surface area contributed by atoms with Gasteiger partial charge in [0.25, 0.3) is 0 Å². The van der Waals surface area contributed by atoms with Crippen molar-refractivity contribution >= 4 is 35.8 Å². The van der Waals surface area contributed by atoms with Crippen molar-refractivity contribution in [3.8, 4) is 0 Å². The second kappa shape index (κ2) is 14.1. The van der Waals surface area contributed by atoms with Crippen molar-refractivity contribution in [2.24, 2.45) is 15.0 Å². The van der Waals surface area contributed by atoms with Crippen LogP contribution in [0.5, 0.6) is 0 Å². The number of carbonyl (C=O) groups is 1. The molecule has 2 heterocycles. The van der Waals surface area contributed by atoms with Crippen molar-refractivity contribution in [3.63, 3.8) is 0 Å². The lowest BCUT2D eigenvalue weighted by Crippen LogP contribution is -2.20. The molecule has 0 radical (unpaired) electrons. The first-order chi connectivity index (χ1) is 15.4. The number of carbonyl (C=O) groups excluding carboxylic acids is 1. The van der Waals surface area contributed by atoms with Crippen LogP contribution in [0.1, 0.15) is 34.1 Å². The Morgan fingerprint density at radius 3 is 2.75 bits per heavy atom. The van der Waals surface area contributed by atoms with Crippen molar-refractivity contribution in [1.29, 1.82) is 0 Å². The van der Waals surface area contributed by atoms with Crippen LogP contribution >= 0.6 is 11.8 Å². The number of rotatable bonds is 10. The third kappa shape index (κ3) is 7.92. The molecule has 0 spiro atoms. The third-order valence-electron chi connectivity index (χ3n) is 4.09. The number of aldehydes is 1. The molecule has 0 atom stereocenters. The molecule has 2 bridgehead atoms. The maximum absolute atomic E-state index is 12.2. The molecule has 0 saturated heterocycles. The number of fused-ring (bicyclic) bond motifs is 2. The van der Waals surface area contributed by atoms with Crippen molar-refractivity contribution < 1.29 is 18.3 Å². The van der Waals surface area contributed by atoms with Gasteiger partial charge in [0.05, 0.1) is 22.0 Å². The lowest BCUT2D eigenvalue weighted by Gasteiger charge is -2.23. The van der Waals surface area contributed by atoms with Gasteiger partial charge < -0.3 is 15.0 Å². The van der Waals surface area contributed by atoms with E-state index in [-0.39, 0.29) is 5.76 Å². The molecule has 7 nitrogen and oxygen atoms in total. The lowest BCUT2D eigenvalue weighted by molar-refractivity contribution is -0.104. The molecule has 0 aliphatic carbocycles. The van der Waals surface area contributed by atoms with Crippen LogP contribution in [-0.2, 0) is 9.53 Å². The number of hydrogen-bond acceptors (Lipinski definition) is 7. The van der Waals surface area contributed by atoms with E-state index >= 15 is 0 Å². The molecule has 2 aliphatic rings. The summed E-state index contributed by atoms with van der Waals surface area (Å²) < 4.78 is 28.6. The van der Waals surface area contributed by atoms with E-state index in [0.29, 0.717) is 28.5 Å². The molecular formula is C22H29F2N5O2S. The molecule has 0 saturated carbocycles. The molecule has 0 aromatic carbocycles. The van der Waals surface area contributed by atoms with Gasteiger partial charge in [-0.1, -0.05) is 38.3 Å². The summed E-state index contributed by atoms with van der Waals surface area (Å²) in [6, 6.07) is 0. The van der Waals surface area contributed by atoms with Crippen molar-refractivity contribution in [1.82, 2.24) is 10.2 Å². The summed E-state index contributed by atoms with van der Waals surface area (Å²) >= 11 is 1.26. The highest BCUT2D eigenvalue weighted by atomic mass is 32.2. The number of aliphatic imine (C=N–C) groups is 3. The van der Waals surface area contributed by atoms with Crippen LogP contribution in [0.3, 0.4) is 0 Å². The van der Waals surface area contributed by atoms with Gasteiger partial charge in [-0.2, -0.15) is 8.78 Å². The molecule has 0 fully saturated rings. The Labute approximate surface area is 192 Å². The largest absolute Gasteiger partial charge is 0.435 e. The van der Waals surface area contributed by atoms with E-state index in [4.69, 9.17) is 0 Å². The summed E-state index contributed by atoms with van der Waals surface area (Å²) in [4.78, 5) is 27.2. The predicted octanol–water partition coefficient (Wildman–Crippen LogP) is 4.99. The number of halogens is 2. The monoisotopic (exact) mass is 465 g/mol. The smallest absolute Gasteiger partial charge is 0.387 e. The van der Waals surface area contributed by atoms with Crippen molar-refractivity contribution in [3.05, 3.63) is 58.3 Å². The maximum atomic E-state index is 12.2. The van der Waals surface area contributed by atoms with E-state index in [0.717, 1.165) is 23.4 Å². The van der Waals surface area contributed by atoms with E-state index < -0.39 is 6.61 Å². The fraction of sp³-hybridized carbons (Fsp3) is 0.364. The Bertz CT molecular complexity index is 902. The second-order valence-electron chi connectivity index (χ2n) is 6.02. The average Bonchev–Trinajstić information content (AvgIpc) is 2.96. The maximum Gasteiger partial charge on any atom is 0.387 e. The second-order valence-corrected chi connectivity index (χ2v) is 7.13. The SMILES string of the molecule is C=C(/C=C\C(=C/C)NC=NC1=C(C=O)SC2=NC=NC(N(C)CC)=C1C2)OC(F)F.CC. The summed E-state index contributed by atoms with van der Waals surface area (Å²) in [6.07, 6.45) is 8.76. The first kappa shape index (κ1) is 27.0. The molecule has 0 unspecified atom stereocenters. The standard InChI is InChI=1S/C20H23F2N5O2S.C2H6/c1-5-14(8-7-13(3)29-20(21)22)23-11-25-18-15-9-17(30-16(18)10-28)24-12-26-19(15)27(4)6-2;1-2/h5,7-8,10-12,20H,3,6,9H2,1-2,4H3,(H,23,25);1-2H3/b8-7-,14-5+;. The van der Waals surface area contributed by atoms with Crippen LogP contribution in [0.15, 0.2) is 73.2 Å². The van der Waals surface area contributed by atoms with Gasteiger partial charge in [0.1, 0.15) is 17.9 Å². The number of nitrogens with one attached hydrogen (secondary N) is 1. The molecule has 10 heteroatoms. The Balaban J connectivity index is 0.00000249. The van der Waals surface area contributed by atoms with E-state index in [1.54, 1.807) is 13.0 Å². The Morgan fingerprint density at radius 1 is 1.44 bits per heavy atom. The first-order valence-electron chi connectivity index (χ1n) is 10.1. The third-order valence-corrected chi connectivity index (χ3v) is 5.09. The van der Waals surface area contributed by atoms with Crippen LogP contribution in [0, 0.1) is 0 Å². The average molecular weight is 466 g/mol. The highest BCUT2D eigenvalue weighted by molar-refractivity contribution is 8.18. The van der Waals surface area contributed by atoms with E-state index in [1.807, 2.05) is 32.7 Å². The Hall–Kier alpha value is -3.01. The van der Waals surface area contributed by atoms with E-state index in [9.17, 15) is 13.6 Å². The minimum atomic E-state index is -2.93. The minimum Gasteiger partial charge on any atom is -0.435 e. The van der Waals surface area contributed by atoms with Gasteiger partial charge in [-0.05, 0) is 26.0 Å². The zero-order chi connectivity index (χ0) is 24.1. The molecule has 2 rings (SSSR count). The van der Waals surface area contributed by atoms with Crippen LogP contribution in [0.2, 0.25) is 0 Å². The number of nitrogens with zero attached hydrogens (tertiary/aromatic N) is 4. The van der Waals surface area contributed by atoms with Gasteiger partial charge in [-0.3, -0.25) is 4.79 Å². The molecule has 0 aromatic rings. The highest BCUT2D eigenvalue weighted by Crippen LogP contribution is 2.38. The fourth-order valence-corrected chi connectivity index (χ4v) is 3.40. The van der Waals surface area contributed by atoms with Gasteiger partial charge in [-0.15, -0.1) is 0 Å². The van der Waals surface area contributed by atoms with Gasteiger partial charge >= 0.3 is 6.61 Å². The lowest BCUT2D eigenvalue weighted by atomic mass is 10.1. The summed E-state index contributed by atoms with van der Waals surface area (Å²) in [5, 5.41) is 3.73. The summed E-state index contributed by atoms with van der Waals surface area (Å²) in [5.41, 5.74) is 1.90. The van der Waals surface area contributed by atoms with Crippen LogP contribution in [-0.4, -0.2) is 49.1 Å². The van der Waals surface area contributed by atoms with Gasteiger partial charge in [0, 0.05) is 31.3 Å². The number of ether oxygens (including phenoxy) is 1. The number of allylic oxidation sites excluding steroid dienone is 5. The zero-order valence-electron chi connectivity index (χ0n) is 18.9. The summed E-state index contributed by atoms with van der Waals surface area (Å²) in [6.45, 7) is 8.95. The first-order valence-corrected chi connectivity index (χ1v) is 10.9. The molecule has 2 aliphatic heterocycles. The van der Waals surface area contributed by atoms with Crippen molar-refractivity contribution in [2.75, 3.05) is 13.6 Å². The normalized spacial score (nSPS) is 16.1. The molecule has 0 aromatic heterocycles. The Morgan fingerprint density at radius 2 is 2.16 bits per heavy atom. The van der Waals surface area contributed by atoms with Gasteiger partial charge in [-0.25, -0.2) is 15.0 Å². The highest BCUT2D eigenvalue weighted by Gasteiger charge is 2.27. The topological polar surface area (TPSA) is 78.7 Å². The number of thioether (sulfide) groups is 1. The van der Waals surface area contributed by atoms with Crippen LogP contribution in [0.25, 0.3) is 0 Å². The molecule has 174 valence electrons. The van der Waals surface area contributed by atoms with Gasteiger partial charge in [0.2, 0.25) is 0 Å². The number of alkyl halides is 2. The van der Waals surface area contributed by atoms with Crippen LogP contribution < -0.4 is 5.32 Å². The summed E-state index contributed by atoms with van der Waals surface area (Å²) in [5.74, 6) is 0.535. The zero-order valence-corrected chi connectivity index (χ0v) is 19.7. The van der Waals surface area contributed by atoms with E-state index in [1.165, 1.54) is 36.6 Å². The Kier molecular flexibility index (Phi) is 11.9. The number of hydrogen-bond donors (Lipinski definition) is 1. The van der Waals surface area contributed by atoms with Gasteiger partial charge in [0.15, 0.2) is 6.29 Å². The van der Waals surface area contributed by atoms with Crippen LogP contribution in [0.4, 0.5) is 8.78 Å². The molecule has 0 amide bonds. The van der Waals surface area contributed by atoms with E-state index in [2.05, 4.69) is 31.6 Å². The predicted molar refractivity (Wildman–Crippen MR) is 129 cm³/mol. The minimum absolute atomic E-state index is 0.168. The fourth-order valence-electron chi connectivity index (χ4n) is 2.51. The van der Waals surface area contributed by atoms with Crippen molar-refractivity contribution in [2.45, 2.75) is 40.7 Å². The molecule has 32 heavy (non-hydrogen) atoms. The quantitative estimate of drug-likeness (QED) is 0.162. The molecular weight excluding hydrogens is 436 g/mol.